The molecule has 19 heavy (non-hydrogen) atoms. The van der Waals surface area contributed by atoms with E-state index in [1.807, 2.05) is 12.1 Å². The molecule has 0 unspecified atom stereocenters. The average Bonchev–Trinajstić information content (AvgIpc) is 2.27. The summed E-state index contributed by atoms with van der Waals surface area (Å²) in [6, 6.07) is 7.05. The fourth-order valence-corrected chi connectivity index (χ4v) is 2.95. The maximum absolute atomic E-state index is 9.35. The molecule has 0 saturated carbocycles. The van der Waals surface area contributed by atoms with Gasteiger partial charge in [-0.1, -0.05) is 32.9 Å². The third-order valence-electron chi connectivity index (χ3n) is 3.90. The highest BCUT2D eigenvalue weighted by molar-refractivity contribution is 6.74. The molecule has 0 aliphatic heterocycles. The largest absolute Gasteiger partial charge is 0.508 e. The maximum Gasteiger partial charge on any atom is 0.192 e. The van der Waals surface area contributed by atoms with Crippen LogP contribution in [0.25, 0.3) is 0 Å². The summed E-state index contributed by atoms with van der Waals surface area (Å²) in [5.41, 5.74) is 1.01. The van der Waals surface area contributed by atoms with Crippen LogP contribution in [0, 0.1) is 0 Å². The molecular formula is C15H26O3Si. The number of phenols is 1. The van der Waals surface area contributed by atoms with Crippen molar-refractivity contribution in [2.45, 2.75) is 51.4 Å². The van der Waals surface area contributed by atoms with E-state index in [0.717, 1.165) is 5.56 Å². The van der Waals surface area contributed by atoms with Gasteiger partial charge in [0.15, 0.2) is 8.32 Å². The van der Waals surface area contributed by atoms with Crippen molar-refractivity contribution in [3.05, 3.63) is 29.8 Å². The fraction of sp³-hybridized carbons (Fsp3) is 0.600. The van der Waals surface area contributed by atoms with Crippen LogP contribution in [0.5, 0.6) is 5.75 Å². The Morgan fingerprint density at radius 2 is 1.68 bits per heavy atom. The maximum atomic E-state index is 9.35. The van der Waals surface area contributed by atoms with Crippen LogP contribution in [0.2, 0.25) is 18.1 Å². The summed E-state index contributed by atoms with van der Waals surface area (Å²) in [6.07, 6.45) is 0.476. The van der Waals surface area contributed by atoms with Crippen LogP contribution >= 0.6 is 0 Å². The number of benzene rings is 1. The molecule has 0 spiro atoms. The Kier molecular flexibility index (Phi) is 5.18. The topological polar surface area (TPSA) is 49.7 Å². The number of phenolic OH excluding ortho intramolecular Hbond substituents is 1. The summed E-state index contributed by atoms with van der Waals surface area (Å²) in [5.74, 6) is 0.249. The molecule has 0 aliphatic carbocycles. The normalized spacial score (nSPS) is 14.4. The molecule has 1 atom stereocenters. The Hall–Kier alpha value is -0.843. The minimum absolute atomic E-state index is 0.0974. The van der Waals surface area contributed by atoms with Crippen molar-refractivity contribution < 1.29 is 14.6 Å². The summed E-state index contributed by atoms with van der Waals surface area (Å²) in [5, 5.41) is 18.7. The quantitative estimate of drug-likeness (QED) is 0.807. The van der Waals surface area contributed by atoms with Crippen molar-refractivity contribution in [3.63, 3.8) is 0 Å². The van der Waals surface area contributed by atoms with Crippen molar-refractivity contribution in [1.82, 2.24) is 0 Å². The van der Waals surface area contributed by atoms with Crippen molar-refractivity contribution in [2.24, 2.45) is 0 Å². The summed E-state index contributed by atoms with van der Waals surface area (Å²) >= 11 is 0. The van der Waals surface area contributed by atoms with Gasteiger partial charge in [-0.05, 0) is 42.2 Å². The first-order valence-corrected chi connectivity index (χ1v) is 9.66. The lowest BCUT2D eigenvalue weighted by Gasteiger charge is -2.39. The zero-order chi connectivity index (χ0) is 14.7. The highest BCUT2D eigenvalue weighted by Crippen LogP contribution is 2.40. The molecule has 0 bridgehead atoms. The van der Waals surface area contributed by atoms with Gasteiger partial charge in [-0.25, -0.2) is 0 Å². The van der Waals surface area contributed by atoms with Gasteiger partial charge in [0, 0.05) is 6.61 Å². The number of aliphatic hydroxyl groups is 1. The SMILES string of the molecule is CC(C)(C)[Si](C)(C)O[C@H](CCO)c1ccc(O)cc1. The zero-order valence-electron chi connectivity index (χ0n) is 12.6. The van der Waals surface area contributed by atoms with E-state index in [0.29, 0.717) is 6.42 Å². The third-order valence-corrected chi connectivity index (χ3v) is 8.39. The molecule has 1 aromatic carbocycles. The zero-order valence-corrected chi connectivity index (χ0v) is 13.6. The number of aliphatic hydroxyl groups excluding tert-OH is 1. The molecule has 0 aromatic heterocycles. The fourth-order valence-electron chi connectivity index (χ4n) is 1.63. The van der Waals surface area contributed by atoms with Crippen LogP contribution < -0.4 is 0 Å². The van der Waals surface area contributed by atoms with Crippen LogP contribution in [0.1, 0.15) is 38.9 Å². The molecule has 0 saturated heterocycles. The predicted molar refractivity (Wildman–Crippen MR) is 80.8 cm³/mol. The van der Waals surface area contributed by atoms with Crippen LogP contribution in [0.3, 0.4) is 0 Å². The van der Waals surface area contributed by atoms with Gasteiger partial charge >= 0.3 is 0 Å². The number of aromatic hydroxyl groups is 1. The molecule has 2 N–H and O–H groups in total. The van der Waals surface area contributed by atoms with Crippen molar-refractivity contribution in [1.29, 1.82) is 0 Å². The minimum atomic E-state index is -1.88. The van der Waals surface area contributed by atoms with Gasteiger partial charge < -0.3 is 14.6 Å². The molecule has 108 valence electrons. The molecule has 3 nitrogen and oxygen atoms in total. The Morgan fingerprint density at radius 3 is 2.11 bits per heavy atom. The van der Waals surface area contributed by atoms with E-state index in [2.05, 4.69) is 33.9 Å². The molecule has 4 heteroatoms. The van der Waals surface area contributed by atoms with E-state index < -0.39 is 8.32 Å². The minimum Gasteiger partial charge on any atom is -0.508 e. The average molecular weight is 282 g/mol. The molecule has 0 aliphatic rings. The Bertz CT molecular complexity index is 393. The molecule has 0 heterocycles. The predicted octanol–water partition coefficient (Wildman–Crippen LogP) is 3.84. The summed E-state index contributed by atoms with van der Waals surface area (Å²) in [6.45, 7) is 11.1. The highest BCUT2D eigenvalue weighted by atomic mass is 28.4. The molecule has 0 amide bonds. The van der Waals surface area contributed by atoms with Crippen LogP contribution in [0.4, 0.5) is 0 Å². The van der Waals surface area contributed by atoms with Crippen molar-refractivity contribution in [3.8, 4) is 5.75 Å². The van der Waals surface area contributed by atoms with E-state index in [1.165, 1.54) is 0 Å². The van der Waals surface area contributed by atoms with Gasteiger partial charge in [0.1, 0.15) is 5.75 Å². The lowest BCUT2D eigenvalue weighted by molar-refractivity contribution is 0.141. The Morgan fingerprint density at radius 1 is 1.16 bits per heavy atom. The molecular weight excluding hydrogens is 256 g/mol. The van der Waals surface area contributed by atoms with Gasteiger partial charge in [0.2, 0.25) is 0 Å². The summed E-state index contributed by atoms with van der Waals surface area (Å²) in [7, 11) is -1.88. The Labute approximate surface area is 117 Å². The second-order valence-electron chi connectivity index (χ2n) is 6.47. The third kappa shape index (κ3) is 4.33. The summed E-state index contributed by atoms with van der Waals surface area (Å²) < 4.78 is 6.37. The number of rotatable bonds is 5. The van der Waals surface area contributed by atoms with E-state index >= 15 is 0 Å². The number of hydrogen-bond acceptors (Lipinski definition) is 3. The van der Waals surface area contributed by atoms with Crippen molar-refractivity contribution in [2.75, 3.05) is 6.61 Å². The first kappa shape index (κ1) is 16.2. The van der Waals surface area contributed by atoms with Gasteiger partial charge in [0.25, 0.3) is 0 Å². The smallest absolute Gasteiger partial charge is 0.192 e. The molecule has 0 fully saturated rings. The van der Waals surface area contributed by atoms with E-state index in [1.54, 1.807) is 12.1 Å². The van der Waals surface area contributed by atoms with E-state index in [9.17, 15) is 10.2 Å². The summed E-state index contributed by atoms with van der Waals surface area (Å²) in [4.78, 5) is 0. The standard InChI is InChI=1S/C15H26O3Si/c1-15(2,3)19(4,5)18-14(10-11-16)12-6-8-13(17)9-7-12/h6-9,14,16-17H,10-11H2,1-5H3/t14-/m1/s1. The monoisotopic (exact) mass is 282 g/mol. The van der Waals surface area contributed by atoms with E-state index in [4.69, 9.17) is 4.43 Å². The van der Waals surface area contributed by atoms with Crippen molar-refractivity contribution >= 4 is 8.32 Å². The Balaban J connectivity index is 2.93. The second-order valence-corrected chi connectivity index (χ2v) is 11.2. The second kappa shape index (κ2) is 6.07. The lowest BCUT2D eigenvalue weighted by atomic mass is 10.1. The highest BCUT2D eigenvalue weighted by Gasteiger charge is 2.39. The van der Waals surface area contributed by atoms with Gasteiger partial charge in [-0.2, -0.15) is 0 Å². The van der Waals surface area contributed by atoms with E-state index in [-0.39, 0.29) is 23.5 Å². The van der Waals surface area contributed by atoms with Crippen LogP contribution in [-0.2, 0) is 4.43 Å². The number of hydrogen-bond donors (Lipinski definition) is 2. The first-order valence-electron chi connectivity index (χ1n) is 6.75. The van der Waals surface area contributed by atoms with Crippen LogP contribution in [0.15, 0.2) is 24.3 Å². The van der Waals surface area contributed by atoms with Gasteiger partial charge in [-0.3, -0.25) is 0 Å². The molecule has 1 aromatic rings. The van der Waals surface area contributed by atoms with Gasteiger partial charge in [-0.15, -0.1) is 0 Å². The van der Waals surface area contributed by atoms with Crippen LogP contribution in [-0.4, -0.2) is 25.1 Å². The van der Waals surface area contributed by atoms with Gasteiger partial charge in [0.05, 0.1) is 6.10 Å². The molecule has 0 radical (unpaired) electrons. The first-order chi connectivity index (χ1) is 8.67. The molecule has 1 rings (SSSR count). The lowest BCUT2D eigenvalue weighted by Crippen LogP contribution is -2.42.